The molecule has 0 heterocycles. The molecule has 124 valence electrons. The number of phenols is 1. The molecule has 0 saturated carbocycles. The van der Waals surface area contributed by atoms with E-state index in [0.29, 0.717) is 14.5 Å². The Morgan fingerprint density at radius 2 is 1.79 bits per heavy atom. The number of halogens is 3. The lowest BCUT2D eigenvalue weighted by molar-refractivity contribution is -0.136. The summed E-state index contributed by atoms with van der Waals surface area (Å²) in [6.07, 6.45) is 1.19. The summed E-state index contributed by atoms with van der Waals surface area (Å²) in [6.45, 7) is 0. The van der Waals surface area contributed by atoms with Crippen molar-refractivity contribution in [3.05, 3.63) is 56.7 Å². The number of carbonyl (C=O) groups excluding carboxylic acids is 2. The SMILES string of the molecule is O=C(NN=Cc1cc(Br)cc(Br)c1O)C(=O)Nc1ccc(F)cc1. The molecule has 0 aromatic heterocycles. The number of aromatic hydroxyl groups is 1. The highest BCUT2D eigenvalue weighted by Gasteiger charge is 2.13. The van der Waals surface area contributed by atoms with Crippen molar-refractivity contribution >= 4 is 55.6 Å². The molecule has 9 heteroatoms. The van der Waals surface area contributed by atoms with Crippen molar-refractivity contribution in [1.29, 1.82) is 0 Å². The van der Waals surface area contributed by atoms with Crippen molar-refractivity contribution in [2.24, 2.45) is 5.10 Å². The van der Waals surface area contributed by atoms with Crippen molar-refractivity contribution in [3.63, 3.8) is 0 Å². The number of anilines is 1. The van der Waals surface area contributed by atoms with Gasteiger partial charge in [0.1, 0.15) is 11.6 Å². The Kier molecular flexibility index (Phi) is 6.04. The van der Waals surface area contributed by atoms with E-state index in [4.69, 9.17) is 0 Å². The lowest BCUT2D eigenvalue weighted by atomic mass is 10.2. The van der Waals surface area contributed by atoms with Crippen LogP contribution in [0.4, 0.5) is 10.1 Å². The molecule has 0 aliphatic rings. The Bertz CT molecular complexity index is 810. The van der Waals surface area contributed by atoms with E-state index in [9.17, 15) is 19.1 Å². The van der Waals surface area contributed by atoms with E-state index in [-0.39, 0.29) is 11.4 Å². The minimum Gasteiger partial charge on any atom is -0.506 e. The summed E-state index contributed by atoms with van der Waals surface area (Å²) >= 11 is 6.42. The van der Waals surface area contributed by atoms with Crippen molar-refractivity contribution in [3.8, 4) is 5.75 Å². The summed E-state index contributed by atoms with van der Waals surface area (Å²) in [4.78, 5) is 23.3. The third kappa shape index (κ3) is 4.87. The quantitative estimate of drug-likeness (QED) is 0.375. The minimum atomic E-state index is -1.01. The van der Waals surface area contributed by atoms with Gasteiger partial charge >= 0.3 is 11.8 Å². The molecule has 2 rings (SSSR count). The molecule has 0 aliphatic heterocycles. The predicted molar refractivity (Wildman–Crippen MR) is 94.3 cm³/mol. The molecule has 0 aliphatic carbocycles. The van der Waals surface area contributed by atoms with E-state index in [1.807, 2.05) is 5.43 Å². The van der Waals surface area contributed by atoms with E-state index in [2.05, 4.69) is 42.3 Å². The second-order valence-corrected chi connectivity index (χ2v) is 6.26. The second-order valence-electron chi connectivity index (χ2n) is 4.49. The highest BCUT2D eigenvalue weighted by atomic mass is 79.9. The standard InChI is InChI=1S/C15H10Br2FN3O3/c16-9-5-8(13(22)12(17)6-9)7-19-21-15(24)14(23)20-11-3-1-10(18)2-4-11/h1-7,22H,(H,20,23)(H,21,24). The number of carbonyl (C=O) groups is 2. The topological polar surface area (TPSA) is 90.8 Å². The zero-order valence-electron chi connectivity index (χ0n) is 11.9. The van der Waals surface area contributed by atoms with Crippen LogP contribution in [0.3, 0.4) is 0 Å². The van der Waals surface area contributed by atoms with Crippen LogP contribution < -0.4 is 10.7 Å². The first-order valence-corrected chi connectivity index (χ1v) is 8.03. The molecular weight excluding hydrogens is 449 g/mol. The van der Waals surface area contributed by atoms with Gasteiger partial charge in [0.05, 0.1) is 10.7 Å². The molecule has 2 aromatic rings. The van der Waals surface area contributed by atoms with E-state index in [1.165, 1.54) is 18.3 Å². The number of nitrogens with one attached hydrogen (secondary N) is 2. The molecule has 3 N–H and O–H groups in total. The van der Waals surface area contributed by atoms with Gasteiger partial charge in [-0.2, -0.15) is 5.10 Å². The van der Waals surface area contributed by atoms with Gasteiger partial charge < -0.3 is 10.4 Å². The van der Waals surface area contributed by atoms with Gasteiger partial charge in [0, 0.05) is 15.7 Å². The average Bonchev–Trinajstić information content (AvgIpc) is 2.53. The molecule has 0 saturated heterocycles. The smallest absolute Gasteiger partial charge is 0.329 e. The molecular formula is C15H10Br2FN3O3. The van der Waals surface area contributed by atoms with Crippen LogP contribution in [0.25, 0.3) is 0 Å². The van der Waals surface area contributed by atoms with Gasteiger partial charge in [-0.1, -0.05) is 15.9 Å². The average molecular weight is 459 g/mol. The molecule has 0 atom stereocenters. The van der Waals surface area contributed by atoms with E-state index in [1.54, 1.807) is 12.1 Å². The predicted octanol–water partition coefficient (Wildman–Crippen LogP) is 3.15. The molecule has 24 heavy (non-hydrogen) atoms. The molecule has 6 nitrogen and oxygen atoms in total. The maximum atomic E-state index is 12.8. The Balaban J connectivity index is 1.97. The monoisotopic (exact) mass is 457 g/mol. The van der Waals surface area contributed by atoms with Crippen LogP contribution in [0.2, 0.25) is 0 Å². The summed E-state index contributed by atoms with van der Waals surface area (Å²) in [5.41, 5.74) is 2.63. The van der Waals surface area contributed by atoms with Crippen LogP contribution in [0.1, 0.15) is 5.56 Å². The summed E-state index contributed by atoms with van der Waals surface area (Å²) < 4.78 is 13.9. The number of rotatable bonds is 3. The molecule has 2 aromatic carbocycles. The van der Waals surface area contributed by atoms with E-state index >= 15 is 0 Å². The highest BCUT2D eigenvalue weighted by molar-refractivity contribution is 9.11. The minimum absolute atomic E-state index is 0.0630. The van der Waals surface area contributed by atoms with Gasteiger partial charge in [0.2, 0.25) is 0 Å². The number of hydrogen-bond donors (Lipinski definition) is 3. The van der Waals surface area contributed by atoms with Crippen molar-refractivity contribution < 1.29 is 19.1 Å². The Labute approximate surface area is 153 Å². The van der Waals surface area contributed by atoms with Gasteiger partial charge in [0.25, 0.3) is 0 Å². The maximum absolute atomic E-state index is 12.8. The number of hydrazone groups is 1. The molecule has 0 unspecified atom stereocenters. The van der Waals surface area contributed by atoms with Gasteiger partial charge in [-0.05, 0) is 52.3 Å². The van der Waals surface area contributed by atoms with E-state index < -0.39 is 17.6 Å². The molecule has 0 fully saturated rings. The summed E-state index contributed by atoms with van der Waals surface area (Å²) in [5, 5.41) is 15.7. The zero-order valence-corrected chi connectivity index (χ0v) is 15.1. The van der Waals surface area contributed by atoms with Crippen molar-refractivity contribution in [2.45, 2.75) is 0 Å². The first kappa shape index (κ1) is 18.1. The Hall–Kier alpha value is -2.26. The van der Waals surface area contributed by atoms with Gasteiger partial charge in [-0.3, -0.25) is 9.59 Å². The fraction of sp³-hybridized carbons (Fsp3) is 0. The Morgan fingerprint density at radius 3 is 2.46 bits per heavy atom. The fourth-order valence-electron chi connectivity index (χ4n) is 1.62. The van der Waals surface area contributed by atoms with Crippen LogP contribution in [0.15, 0.2) is 50.4 Å². The zero-order chi connectivity index (χ0) is 17.7. The van der Waals surface area contributed by atoms with Crippen LogP contribution in [-0.2, 0) is 9.59 Å². The first-order valence-electron chi connectivity index (χ1n) is 6.45. The third-order valence-electron chi connectivity index (χ3n) is 2.74. The largest absolute Gasteiger partial charge is 0.506 e. The van der Waals surface area contributed by atoms with Crippen molar-refractivity contribution in [2.75, 3.05) is 5.32 Å². The fourth-order valence-corrected chi connectivity index (χ4v) is 2.87. The lowest BCUT2D eigenvalue weighted by Crippen LogP contribution is -2.32. The molecule has 0 spiro atoms. The number of benzene rings is 2. The lowest BCUT2D eigenvalue weighted by Gasteiger charge is -2.04. The van der Waals surface area contributed by atoms with Crippen LogP contribution in [0, 0.1) is 5.82 Å². The van der Waals surface area contributed by atoms with E-state index in [0.717, 1.165) is 12.1 Å². The molecule has 2 amide bonds. The summed E-state index contributed by atoms with van der Waals surface area (Å²) in [5.74, 6) is -2.49. The number of amides is 2. The van der Waals surface area contributed by atoms with Crippen LogP contribution in [-0.4, -0.2) is 23.1 Å². The van der Waals surface area contributed by atoms with Crippen LogP contribution in [0.5, 0.6) is 5.75 Å². The third-order valence-corrected chi connectivity index (χ3v) is 3.80. The maximum Gasteiger partial charge on any atom is 0.329 e. The van der Waals surface area contributed by atoms with Crippen molar-refractivity contribution in [1.82, 2.24) is 5.43 Å². The number of nitrogens with zero attached hydrogens (tertiary/aromatic N) is 1. The summed E-state index contributed by atoms with van der Waals surface area (Å²) in [7, 11) is 0. The number of hydrogen-bond acceptors (Lipinski definition) is 4. The van der Waals surface area contributed by atoms with Gasteiger partial charge in [-0.15, -0.1) is 0 Å². The van der Waals surface area contributed by atoms with Crippen LogP contribution >= 0.6 is 31.9 Å². The van der Waals surface area contributed by atoms with Gasteiger partial charge in [-0.25, -0.2) is 9.82 Å². The second kappa shape index (κ2) is 8.02. The number of phenolic OH excluding ortho intramolecular Hbond substituents is 1. The molecule has 0 bridgehead atoms. The van der Waals surface area contributed by atoms with Gasteiger partial charge in [0.15, 0.2) is 0 Å². The Morgan fingerprint density at radius 1 is 1.12 bits per heavy atom. The normalized spacial score (nSPS) is 10.6. The summed E-state index contributed by atoms with van der Waals surface area (Å²) in [6, 6.07) is 8.16. The first-order chi connectivity index (χ1) is 11.4. The molecule has 0 radical (unpaired) electrons. The highest BCUT2D eigenvalue weighted by Crippen LogP contribution is 2.30.